The summed E-state index contributed by atoms with van der Waals surface area (Å²) in [5, 5.41) is 14.7. The van der Waals surface area contributed by atoms with Crippen molar-refractivity contribution in [1.82, 2.24) is 15.4 Å². The second-order valence-corrected chi connectivity index (χ2v) is 6.96. The predicted molar refractivity (Wildman–Crippen MR) is 85.4 cm³/mol. The van der Waals surface area contributed by atoms with Gasteiger partial charge in [-0.2, -0.15) is 13.2 Å². The average Bonchev–Trinajstić information content (AvgIpc) is 3.14. The normalized spacial score (nSPS) is 11.7. The highest BCUT2D eigenvalue weighted by Gasteiger charge is 2.33. The molecule has 0 atom stereocenters. The first kappa shape index (κ1) is 16.8. The van der Waals surface area contributed by atoms with Crippen LogP contribution in [0, 0.1) is 6.92 Å². The van der Waals surface area contributed by atoms with Gasteiger partial charge in [-0.3, -0.25) is 0 Å². The van der Waals surface area contributed by atoms with Gasteiger partial charge < -0.3 is 9.84 Å². The van der Waals surface area contributed by atoms with Crippen LogP contribution in [0.5, 0.6) is 0 Å². The van der Waals surface area contributed by atoms with Gasteiger partial charge in [0.05, 0.1) is 16.9 Å². The highest BCUT2D eigenvalue weighted by molar-refractivity contribution is 8.00. The minimum atomic E-state index is -4.43. The van der Waals surface area contributed by atoms with Crippen LogP contribution >= 0.6 is 23.1 Å². The Morgan fingerprint density at radius 1 is 1.25 bits per heavy atom. The van der Waals surface area contributed by atoms with E-state index in [2.05, 4.69) is 20.7 Å². The molecular formula is C14H11F3N4OS2. The predicted octanol–water partition coefficient (Wildman–Crippen LogP) is 4.89. The zero-order valence-electron chi connectivity index (χ0n) is 12.3. The van der Waals surface area contributed by atoms with Gasteiger partial charge in [0.15, 0.2) is 4.34 Å². The van der Waals surface area contributed by atoms with Crippen LogP contribution in [-0.4, -0.2) is 15.4 Å². The maximum atomic E-state index is 13.0. The third kappa shape index (κ3) is 4.06. The van der Waals surface area contributed by atoms with Crippen molar-refractivity contribution < 1.29 is 17.7 Å². The van der Waals surface area contributed by atoms with Crippen molar-refractivity contribution in [3.8, 4) is 0 Å². The van der Waals surface area contributed by atoms with Crippen molar-refractivity contribution >= 4 is 33.9 Å². The number of nitrogens with one attached hydrogen (secondary N) is 1. The van der Waals surface area contributed by atoms with Crippen LogP contribution in [0.2, 0.25) is 0 Å². The fraction of sp³-hybridized carbons (Fsp3) is 0.214. The summed E-state index contributed by atoms with van der Waals surface area (Å²) in [5.41, 5.74) is -0.0260. The number of nitrogens with zero attached hydrogens (tertiary/aromatic N) is 3. The number of hydrogen-bond donors (Lipinski definition) is 1. The van der Waals surface area contributed by atoms with Crippen LogP contribution in [0.3, 0.4) is 0 Å². The van der Waals surface area contributed by atoms with Crippen molar-refractivity contribution in [2.75, 3.05) is 5.32 Å². The van der Waals surface area contributed by atoms with E-state index in [9.17, 15) is 13.2 Å². The van der Waals surface area contributed by atoms with Crippen molar-refractivity contribution in [1.29, 1.82) is 0 Å². The summed E-state index contributed by atoms with van der Waals surface area (Å²) in [5.74, 6) is 1.26. The Morgan fingerprint density at radius 2 is 2.04 bits per heavy atom. The fourth-order valence-electron chi connectivity index (χ4n) is 1.89. The number of rotatable bonds is 5. The molecule has 0 fully saturated rings. The number of thioether (sulfide) groups is 1. The first-order valence-electron chi connectivity index (χ1n) is 6.73. The smallest absolute Gasteiger partial charge is 0.361 e. The van der Waals surface area contributed by atoms with E-state index in [4.69, 9.17) is 4.52 Å². The number of alkyl halides is 3. The first-order chi connectivity index (χ1) is 11.4. The molecule has 1 aromatic carbocycles. The van der Waals surface area contributed by atoms with E-state index in [1.54, 1.807) is 6.92 Å². The summed E-state index contributed by atoms with van der Waals surface area (Å²) in [7, 11) is 0. The second kappa shape index (κ2) is 6.81. The van der Waals surface area contributed by atoms with Crippen LogP contribution in [0.4, 0.5) is 24.0 Å². The van der Waals surface area contributed by atoms with E-state index in [0.717, 1.165) is 11.8 Å². The van der Waals surface area contributed by atoms with E-state index in [1.165, 1.54) is 41.3 Å². The van der Waals surface area contributed by atoms with E-state index in [-0.39, 0.29) is 5.69 Å². The van der Waals surface area contributed by atoms with Crippen LogP contribution in [-0.2, 0) is 11.9 Å². The first-order valence-corrected chi connectivity index (χ1v) is 8.54. The molecule has 2 aromatic heterocycles. The molecule has 0 spiro atoms. The summed E-state index contributed by atoms with van der Waals surface area (Å²) in [6.45, 7) is 1.80. The topological polar surface area (TPSA) is 63.8 Å². The Kier molecular flexibility index (Phi) is 4.76. The van der Waals surface area contributed by atoms with E-state index in [0.29, 0.717) is 21.0 Å². The lowest BCUT2D eigenvalue weighted by molar-refractivity contribution is -0.136. The number of anilines is 2. The molecule has 10 heteroatoms. The lowest BCUT2D eigenvalue weighted by Gasteiger charge is -2.12. The lowest BCUT2D eigenvalue weighted by atomic mass is 10.2. The number of aryl methyl sites for hydroxylation is 1. The monoisotopic (exact) mass is 372 g/mol. The summed E-state index contributed by atoms with van der Waals surface area (Å²) in [4.78, 5) is 0. The molecule has 3 rings (SSSR count). The van der Waals surface area contributed by atoms with Crippen molar-refractivity contribution in [3.63, 3.8) is 0 Å². The molecule has 0 unspecified atom stereocenters. The second-order valence-electron chi connectivity index (χ2n) is 4.76. The summed E-state index contributed by atoms with van der Waals surface area (Å²) in [6.07, 6.45) is -4.43. The maximum absolute atomic E-state index is 13.0. The molecule has 0 bridgehead atoms. The Morgan fingerprint density at radius 3 is 2.75 bits per heavy atom. The van der Waals surface area contributed by atoms with Crippen LogP contribution in [0.1, 0.15) is 17.0 Å². The summed E-state index contributed by atoms with van der Waals surface area (Å²) in [6, 6.07) is 7.06. The molecule has 0 aliphatic carbocycles. The molecule has 0 saturated heterocycles. The molecule has 5 nitrogen and oxygen atoms in total. The molecule has 0 aliphatic rings. The molecular weight excluding hydrogens is 361 g/mol. The Hall–Kier alpha value is -2.07. The van der Waals surface area contributed by atoms with Crippen molar-refractivity contribution in [2.45, 2.75) is 23.2 Å². The van der Waals surface area contributed by atoms with Gasteiger partial charge in [0.25, 0.3) is 0 Å². The fourth-order valence-corrected chi connectivity index (χ4v) is 3.54. The van der Waals surface area contributed by atoms with Crippen LogP contribution in [0.15, 0.2) is 39.2 Å². The minimum Gasteiger partial charge on any atom is -0.361 e. The summed E-state index contributed by atoms with van der Waals surface area (Å²) >= 11 is 2.57. The quantitative estimate of drug-likeness (QED) is 0.644. The van der Waals surface area contributed by atoms with Crippen LogP contribution in [0.25, 0.3) is 0 Å². The Bertz CT molecular complexity index is 831. The van der Waals surface area contributed by atoms with Gasteiger partial charge in [-0.15, -0.1) is 10.2 Å². The van der Waals surface area contributed by atoms with Crippen molar-refractivity contribution in [3.05, 3.63) is 47.3 Å². The van der Waals surface area contributed by atoms with Gasteiger partial charge in [0.1, 0.15) is 5.76 Å². The van der Waals surface area contributed by atoms with Gasteiger partial charge in [0, 0.05) is 11.8 Å². The number of hydrogen-bond acceptors (Lipinski definition) is 7. The molecule has 1 N–H and O–H groups in total. The molecule has 126 valence electrons. The third-order valence-corrected chi connectivity index (χ3v) is 4.91. The van der Waals surface area contributed by atoms with Gasteiger partial charge in [-0.05, 0) is 19.1 Å². The molecule has 3 aromatic rings. The Labute approximate surface area is 143 Å². The Balaban J connectivity index is 1.68. The number of aromatic nitrogens is 3. The zero-order valence-corrected chi connectivity index (χ0v) is 13.9. The average molecular weight is 372 g/mol. The molecule has 0 saturated carbocycles. The number of halogens is 3. The summed E-state index contributed by atoms with van der Waals surface area (Å²) < 4.78 is 44.5. The largest absolute Gasteiger partial charge is 0.418 e. The van der Waals surface area contributed by atoms with Gasteiger partial charge in [-0.25, -0.2) is 0 Å². The molecule has 0 amide bonds. The van der Waals surface area contributed by atoms with E-state index < -0.39 is 11.7 Å². The zero-order chi connectivity index (χ0) is 17.2. The maximum Gasteiger partial charge on any atom is 0.418 e. The highest BCUT2D eigenvalue weighted by atomic mass is 32.2. The minimum absolute atomic E-state index is 0.0511. The number of benzene rings is 1. The SMILES string of the molecule is Cc1cc(CSc2nnc(Nc3ccccc3C(F)(F)F)s2)no1. The van der Waals surface area contributed by atoms with Gasteiger partial charge in [-0.1, -0.05) is 40.4 Å². The van der Waals surface area contributed by atoms with Crippen molar-refractivity contribution in [2.24, 2.45) is 0 Å². The molecule has 24 heavy (non-hydrogen) atoms. The van der Waals surface area contributed by atoms with Crippen LogP contribution < -0.4 is 5.32 Å². The van der Waals surface area contributed by atoms with Gasteiger partial charge in [0.2, 0.25) is 5.13 Å². The standard InChI is InChI=1S/C14H11F3N4OS2/c1-8-6-9(21-22-8)7-23-13-20-19-12(24-13)18-11-5-3-2-4-10(11)14(15,16)17/h2-6H,7H2,1H3,(H,18,19). The molecule has 2 heterocycles. The van der Waals surface area contributed by atoms with E-state index in [1.807, 2.05) is 6.07 Å². The van der Waals surface area contributed by atoms with E-state index >= 15 is 0 Å². The van der Waals surface area contributed by atoms with Gasteiger partial charge >= 0.3 is 6.18 Å². The molecule has 0 aliphatic heterocycles. The molecule has 0 radical (unpaired) electrons. The highest BCUT2D eigenvalue weighted by Crippen LogP contribution is 2.37. The number of para-hydroxylation sites is 1. The lowest BCUT2D eigenvalue weighted by Crippen LogP contribution is -2.08. The third-order valence-electron chi connectivity index (χ3n) is 2.90.